The van der Waals surface area contributed by atoms with E-state index < -0.39 is 35.1 Å². The van der Waals surface area contributed by atoms with Crippen LogP contribution in [-0.4, -0.2) is 82.2 Å². The lowest BCUT2D eigenvalue weighted by atomic mass is 9.64. The van der Waals surface area contributed by atoms with Gasteiger partial charge in [0.15, 0.2) is 0 Å². The number of benzene rings is 2. The van der Waals surface area contributed by atoms with Gasteiger partial charge in [0.2, 0.25) is 17.7 Å². The number of aliphatic hydroxyl groups excluding tert-OH is 1. The number of nitrogens with zero attached hydrogens (tertiary/aromatic N) is 3. The summed E-state index contributed by atoms with van der Waals surface area (Å²) < 4.78 is 12.7. The van der Waals surface area contributed by atoms with Crippen molar-refractivity contribution in [3.63, 3.8) is 0 Å². The van der Waals surface area contributed by atoms with E-state index in [-0.39, 0.29) is 43.3 Å². The van der Waals surface area contributed by atoms with Gasteiger partial charge in [0.25, 0.3) is 0 Å². The molecule has 47 heavy (non-hydrogen) atoms. The smallest absolute Gasteiger partial charge is 0.249 e. The SMILES string of the molecule is C=CCN(Cc1ccccc1)C(=O)C1N([C@@H](CO)C(C)C)C(=O)[C@@H]2[C@@H](C(=O)N(CC=C)c3ccc(OCC)cc3)[C@@]3(CC)CCC12O3. The Morgan fingerprint density at radius 1 is 1.04 bits per heavy atom. The van der Waals surface area contributed by atoms with Crippen LogP contribution in [-0.2, 0) is 25.7 Å². The number of rotatable bonds is 15. The van der Waals surface area contributed by atoms with Gasteiger partial charge >= 0.3 is 0 Å². The predicted molar refractivity (Wildman–Crippen MR) is 182 cm³/mol. The number of amides is 3. The topological polar surface area (TPSA) is 99.6 Å². The highest BCUT2D eigenvalue weighted by Crippen LogP contribution is 2.65. The number of likely N-dealkylation sites (tertiary alicyclic amines) is 1. The first-order valence-corrected chi connectivity index (χ1v) is 16.8. The molecule has 252 valence electrons. The van der Waals surface area contributed by atoms with Crippen molar-refractivity contribution in [1.29, 1.82) is 0 Å². The van der Waals surface area contributed by atoms with Crippen molar-refractivity contribution in [3.8, 4) is 5.75 Å². The molecule has 3 fully saturated rings. The maximum atomic E-state index is 14.9. The lowest BCUT2D eigenvalue weighted by Crippen LogP contribution is -2.59. The molecule has 1 N–H and O–H groups in total. The summed E-state index contributed by atoms with van der Waals surface area (Å²) in [5.41, 5.74) is -0.532. The van der Waals surface area contributed by atoms with Gasteiger partial charge in [-0.15, -0.1) is 13.2 Å². The van der Waals surface area contributed by atoms with Crippen LogP contribution in [0.15, 0.2) is 79.9 Å². The number of hydrogen-bond donors (Lipinski definition) is 1. The van der Waals surface area contributed by atoms with Crippen molar-refractivity contribution in [1.82, 2.24) is 9.80 Å². The zero-order valence-electron chi connectivity index (χ0n) is 28.1. The maximum Gasteiger partial charge on any atom is 0.249 e. The third-order valence-corrected chi connectivity index (χ3v) is 10.3. The Morgan fingerprint density at radius 3 is 2.30 bits per heavy atom. The Hall–Kier alpha value is -3.95. The van der Waals surface area contributed by atoms with Crippen molar-refractivity contribution in [2.75, 3.05) is 31.2 Å². The first-order chi connectivity index (χ1) is 22.6. The van der Waals surface area contributed by atoms with Crippen LogP contribution in [0.25, 0.3) is 0 Å². The fraction of sp³-hybridized carbons (Fsp3) is 0.500. The number of aliphatic hydroxyl groups is 1. The number of fused-ring (bicyclic) bond motifs is 1. The summed E-state index contributed by atoms with van der Waals surface area (Å²) in [6.07, 6.45) is 4.86. The molecule has 3 aliphatic heterocycles. The van der Waals surface area contributed by atoms with Gasteiger partial charge in [-0.2, -0.15) is 0 Å². The van der Waals surface area contributed by atoms with Gasteiger partial charge in [0.1, 0.15) is 17.4 Å². The molecule has 0 aliphatic carbocycles. The van der Waals surface area contributed by atoms with E-state index in [2.05, 4.69) is 13.2 Å². The molecule has 0 aromatic heterocycles. The molecule has 2 unspecified atom stereocenters. The largest absolute Gasteiger partial charge is 0.494 e. The van der Waals surface area contributed by atoms with Crippen LogP contribution in [0.5, 0.6) is 5.75 Å². The number of hydrogen-bond acceptors (Lipinski definition) is 6. The second-order valence-electron chi connectivity index (χ2n) is 13.2. The third kappa shape index (κ3) is 5.89. The fourth-order valence-electron chi connectivity index (χ4n) is 8.16. The Morgan fingerprint density at radius 2 is 1.72 bits per heavy atom. The van der Waals surface area contributed by atoms with Crippen LogP contribution >= 0.6 is 0 Å². The molecule has 2 aromatic rings. The minimum atomic E-state index is -1.22. The van der Waals surface area contributed by atoms with Crippen LogP contribution in [0.3, 0.4) is 0 Å². The van der Waals surface area contributed by atoms with Crippen molar-refractivity contribution < 1.29 is 29.0 Å². The van der Waals surface area contributed by atoms with Crippen LogP contribution < -0.4 is 9.64 Å². The summed E-state index contributed by atoms with van der Waals surface area (Å²) in [6.45, 7) is 16.6. The van der Waals surface area contributed by atoms with Gasteiger partial charge in [0, 0.05) is 25.3 Å². The summed E-state index contributed by atoms with van der Waals surface area (Å²) in [7, 11) is 0. The first-order valence-electron chi connectivity index (χ1n) is 16.8. The Bertz CT molecular complexity index is 1460. The number of anilines is 1. The first kappa shape index (κ1) is 34.4. The molecule has 2 aromatic carbocycles. The minimum absolute atomic E-state index is 0.149. The van der Waals surface area contributed by atoms with E-state index in [0.29, 0.717) is 43.9 Å². The summed E-state index contributed by atoms with van der Waals surface area (Å²) in [5, 5.41) is 10.6. The molecule has 3 amide bonds. The molecule has 1 spiro atoms. The molecule has 6 atom stereocenters. The van der Waals surface area contributed by atoms with Crippen molar-refractivity contribution >= 4 is 23.4 Å². The molecule has 0 radical (unpaired) electrons. The van der Waals surface area contributed by atoms with E-state index in [4.69, 9.17) is 9.47 Å². The normalized spacial score (nSPS) is 26.6. The Balaban J connectivity index is 1.60. The average Bonchev–Trinajstić information content (AvgIpc) is 3.68. The van der Waals surface area contributed by atoms with Gasteiger partial charge in [0.05, 0.1) is 36.7 Å². The summed E-state index contributed by atoms with van der Waals surface area (Å²) in [5.74, 6) is -1.98. The second kappa shape index (κ2) is 14.0. The highest BCUT2D eigenvalue weighted by Gasteiger charge is 2.79. The van der Waals surface area contributed by atoms with Gasteiger partial charge < -0.3 is 29.3 Å². The molecule has 5 rings (SSSR count). The molecule has 2 bridgehead atoms. The van der Waals surface area contributed by atoms with Crippen LogP contribution in [0, 0.1) is 17.8 Å². The predicted octanol–water partition coefficient (Wildman–Crippen LogP) is 4.99. The van der Waals surface area contributed by atoms with Gasteiger partial charge in [-0.05, 0) is 61.9 Å². The molecule has 3 aliphatic rings. The van der Waals surface area contributed by atoms with Gasteiger partial charge in [-0.25, -0.2) is 0 Å². The van der Waals surface area contributed by atoms with Crippen LogP contribution in [0.4, 0.5) is 5.69 Å². The van der Waals surface area contributed by atoms with Crippen LogP contribution in [0.1, 0.15) is 52.5 Å². The molecule has 3 heterocycles. The maximum absolute atomic E-state index is 14.9. The number of carbonyl (C=O) groups is 3. The number of ether oxygens (including phenoxy) is 2. The highest BCUT2D eigenvalue weighted by atomic mass is 16.5. The molecule has 9 nitrogen and oxygen atoms in total. The van der Waals surface area contributed by atoms with E-state index in [9.17, 15) is 19.5 Å². The zero-order valence-corrected chi connectivity index (χ0v) is 28.1. The fourth-order valence-corrected chi connectivity index (χ4v) is 8.16. The van der Waals surface area contributed by atoms with Crippen LogP contribution in [0.2, 0.25) is 0 Å². The quantitative estimate of drug-likeness (QED) is 0.275. The highest BCUT2D eigenvalue weighted by molar-refractivity contribution is 6.03. The van der Waals surface area contributed by atoms with Gasteiger partial charge in [-0.1, -0.05) is 63.3 Å². The summed E-state index contributed by atoms with van der Waals surface area (Å²) in [6, 6.07) is 15.4. The molecular weight excluding hydrogens is 594 g/mol. The van der Waals surface area contributed by atoms with Crippen molar-refractivity contribution in [3.05, 3.63) is 85.5 Å². The third-order valence-electron chi connectivity index (χ3n) is 10.3. The average molecular weight is 644 g/mol. The van der Waals surface area contributed by atoms with Crippen molar-refractivity contribution in [2.24, 2.45) is 17.8 Å². The lowest BCUT2D eigenvalue weighted by molar-refractivity contribution is -0.157. The summed E-state index contributed by atoms with van der Waals surface area (Å²) >= 11 is 0. The second-order valence-corrected chi connectivity index (χ2v) is 13.2. The summed E-state index contributed by atoms with van der Waals surface area (Å²) in [4.78, 5) is 49.5. The Labute approximate surface area is 278 Å². The van der Waals surface area contributed by atoms with E-state index in [1.807, 2.05) is 82.3 Å². The molecule has 3 saturated heterocycles. The molecular formula is C38H49N3O6. The van der Waals surface area contributed by atoms with E-state index in [1.165, 1.54) is 0 Å². The van der Waals surface area contributed by atoms with E-state index in [1.54, 1.807) is 26.9 Å². The Kier molecular flexibility index (Phi) is 10.3. The molecule has 0 saturated carbocycles. The molecule has 9 heteroatoms. The van der Waals surface area contributed by atoms with Gasteiger partial charge in [-0.3, -0.25) is 14.4 Å². The van der Waals surface area contributed by atoms with E-state index >= 15 is 0 Å². The monoisotopic (exact) mass is 643 g/mol. The standard InChI is InChI=1S/C38H49N3O6/c1-7-22-39(24-27-14-12-11-13-15-27)36(45)33-38-21-20-37(9-3,47-38)31(32(38)35(44)41(33)30(25-42)26(5)6)34(43)40(23-8-2)28-16-18-29(19-17-28)46-10-4/h7-8,11-19,26,30-33,42H,1-2,9-10,20-25H2,3-6H3/t30-,31-,32-,33?,37+,38?/m0/s1. The van der Waals surface area contributed by atoms with E-state index in [0.717, 1.165) is 5.56 Å². The lowest BCUT2D eigenvalue weighted by Gasteiger charge is -2.40. The number of carbonyl (C=O) groups excluding carboxylic acids is 3. The zero-order chi connectivity index (χ0) is 33.9. The van der Waals surface area contributed by atoms with Crippen molar-refractivity contribution in [2.45, 2.75) is 76.8 Å². The minimum Gasteiger partial charge on any atom is -0.494 e.